The second-order valence-corrected chi connectivity index (χ2v) is 5.57. The van der Waals surface area contributed by atoms with Gasteiger partial charge >= 0.3 is 5.97 Å². The van der Waals surface area contributed by atoms with Crippen molar-refractivity contribution in [3.05, 3.63) is 0 Å². The highest BCUT2D eigenvalue weighted by Crippen LogP contribution is 2.05. The van der Waals surface area contributed by atoms with Crippen LogP contribution >= 0.6 is 0 Å². The lowest BCUT2D eigenvalue weighted by Crippen LogP contribution is -2.56. The van der Waals surface area contributed by atoms with Gasteiger partial charge in [-0.25, -0.2) is 0 Å². The standard InChI is InChI=1S/C13H25N3O4/c1-6(2)9(14)11(17)16-10(7(3)4)12(18)15-8(5)13(19)20/h6-10H,14H2,1-5H3,(H,15,18)(H,16,17)(H,19,20). The molecular formula is C13H25N3O4. The number of rotatable bonds is 7. The summed E-state index contributed by atoms with van der Waals surface area (Å²) in [5.41, 5.74) is 5.72. The van der Waals surface area contributed by atoms with Gasteiger partial charge in [-0.1, -0.05) is 27.7 Å². The van der Waals surface area contributed by atoms with Crippen molar-refractivity contribution in [3.63, 3.8) is 0 Å². The number of hydrogen-bond acceptors (Lipinski definition) is 4. The molecule has 0 aliphatic heterocycles. The van der Waals surface area contributed by atoms with E-state index in [0.29, 0.717) is 0 Å². The highest BCUT2D eigenvalue weighted by atomic mass is 16.4. The molecule has 0 bridgehead atoms. The zero-order chi connectivity index (χ0) is 16.0. The Balaban J connectivity index is 4.77. The molecule has 0 aromatic carbocycles. The number of aliphatic carboxylic acids is 1. The molecule has 0 fully saturated rings. The normalized spacial score (nSPS) is 15.6. The van der Waals surface area contributed by atoms with Crippen molar-refractivity contribution in [1.29, 1.82) is 0 Å². The fourth-order valence-electron chi connectivity index (χ4n) is 1.45. The van der Waals surface area contributed by atoms with Crippen LogP contribution in [-0.4, -0.2) is 41.0 Å². The molecule has 0 spiro atoms. The van der Waals surface area contributed by atoms with Gasteiger partial charge in [-0.05, 0) is 18.8 Å². The fourth-order valence-corrected chi connectivity index (χ4v) is 1.45. The van der Waals surface area contributed by atoms with Crippen molar-refractivity contribution < 1.29 is 19.5 Å². The van der Waals surface area contributed by atoms with Gasteiger partial charge in [0.25, 0.3) is 0 Å². The number of carbonyl (C=O) groups is 3. The Bertz CT molecular complexity index is 369. The zero-order valence-corrected chi connectivity index (χ0v) is 12.6. The lowest BCUT2D eigenvalue weighted by atomic mass is 10.00. The first-order valence-corrected chi connectivity index (χ1v) is 6.67. The molecule has 0 radical (unpaired) electrons. The smallest absolute Gasteiger partial charge is 0.325 e. The van der Waals surface area contributed by atoms with E-state index in [1.807, 2.05) is 0 Å². The van der Waals surface area contributed by atoms with Crippen LogP contribution in [0.2, 0.25) is 0 Å². The Labute approximate surface area is 119 Å². The molecule has 0 aromatic rings. The number of carboxylic acid groups (broad SMARTS) is 1. The minimum atomic E-state index is -1.13. The van der Waals surface area contributed by atoms with E-state index in [1.54, 1.807) is 27.7 Å². The SMILES string of the molecule is CC(NC(=O)C(NC(=O)C(N)C(C)C)C(C)C)C(=O)O. The van der Waals surface area contributed by atoms with Gasteiger partial charge in [0.05, 0.1) is 6.04 Å². The summed E-state index contributed by atoms with van der Waals surface area (Å²) < 4.78 is 0. The molecule has 0 saturated carbocycles. The molecule has 20 heavy (non-hydrogen) atoms. The van der Waals surface area contributed by atoms with Crippen molar-refractivity contribution in [1.82, 2.24) is 10.6 Å². The Kier molecular flexibility index (Phi) is 7.20. The third kappa shape index (κ3) is 5.56. The molecule has 0 heterocycles. The Morgan fingerprint density at radius 2 is 1.40 bits per heavy atom. The molecule has 3 unspecified atom stereocenters. The van der Waals surface area contributed by atoms with Crippen molar-refractivity contribution in [2.24, 2.45) is 17.6 Å². The van der Waals surface area contributed by atoms with Crippen LogP contribution in [0.15, 0.2) is 0 Å². The van der Waals surface area contributed by atoms with E-state index in [4.69, 9.17) is 10.8 Å². The van der Waals surface area contributed by atoms with Crippen molar-refractivity contribution in [2.75, 3.05) is 0 Å². The largest absolute Gasteiger partial charge is 0.480 e. The first-order chi connectivity index (χ1) is 9.07. The number of amides is 2. The Morgan fingerprint density at radius 1 is 0.900 bits per heavy atom. The first kappa shape index (κ1) is 18.4. The molecular weight excluding hydrogens is 262 g/mol. The molecule has 2 amide bonds. The molecule has 0 aliphatic carbocycles. The predicted molar refractivity (Wildman–Crippen MR) is 74.8 cm³/mol. The second kappa shape index (κ2) is 7.84. The van der Waals surface area contributed by atoms with Crippen molar-refractivity contribution >= 4 is 17.8 Å². The van der Waals surface area contributed by atoms with Crippen LogP contribution in [0.3, 0.4) is 0 Å². The van der Waals surface area contributed by atoms with Crippen LogP contribution in [0.1, 0.15) is 34.6 Å². The van der Waals surface area contributed by atoms with E-state index in [9.17, 15) is 14.4 Å². The van der Waals surface area contributed by atoms with Gasteiger partial charge in [0.15, 0.2) is 0 Å². The molecule has 3 atom stereocenters. The number of nitrogens with one attached hydrogen (secondary N) is 2. The van der Waals surface area contributed by atoms with E-state index in [-0.39, 0.29) is 11.8 Å². The number of hydrogen-bond donors (Lipinski definition) is 4. The maximum absolute atomic E-state index is 12.0. The quantitative estimate of drug-likeness (QED) is 0.512. The molecule has 0 aliphatic rings. The lowest BCUT2D eigenvalue weighted by molar-refractivity contribution is -0.142. The highest BCUT2D eigenvalue weighted by Gasteiger charge is 2.29. The average Bonchev–Trinajstić information content (AvgIpc) is 2.33. The fraction of sp³-hybridized carbons (Fsp3) is 0.769. The van der Waals surface area contributed by atoms with Crippen LogP contribution in [0.25, 0.3) is 0 Å². The molecule has 7 nitrogen and oxygen atoms in total. The van der Waals surface area contributed by atoms with E-state index < -0.39 is 35.9 Å². The summed E-state index contributed by atoms with van der Waals surface area (Å²) in [6, 6.07) is -2.53. The van der Waals surface area contributed by atoms with Crippen LogP contribution in [0.4, 0.5) is 0 Å². The van der Waals surface area contributed by atoms with Gasteiger partial charge in [-0.3, -0.25) is 14.4 Å². The van der Waals surface area contributed by atoms with Crippen LogP contribution in [0, 0.1) is 11.8 Å². The maximum Gasteiger partial charge on any atom is 0.325 e. The van der Waals surface area contributed by atoms with Gasteiger partial charge in [0.2, 0.25) is 11.8 Å². The monoisotopic (exact) mass is 287 g/mol. The molecule has 7 heteroatoms. The van der Waals surface area contributed by atoms with Gasteiger partial charge in [-0.2, -0.15) is 0 Å². The number of carboxylic acids is 1. The minimum Gasteiger partial charge on any atom is -0.480 e. The van der Waals surface area contributed by atoms with E-state index in [1.165, 1.54) is 6.92 Å². The van der Waals surface area contributed by atoms with Gasteiger partial charge < -0.3 is 21.5 Å². The average molecular weight is 287 g/mol. The third-order valence-corrected chi connectivity index (χ3v) is 3.00. The van der Waals surface area contributed by atoms with E-state index >= 15 is 0 Å². The summed E-state index contributed by atoms with van der Waals surface area (Å²) >= 11 is 0. The summed E-state index contributed by atoms with van der Waals surface area (Å²) in [4.78, 5) is 34.6. The molecule has 116 valence electrons. The van der Waals surface area contributed by atoms with Crippen molar-refractivity contribution in [3.8, 4) is 0 Å². The minimum absolute atomic E-state index is 0.0520. The van der Waals surface area contributed by atoms with Gasteiger partial charge in [-0.15, -0.1) is 0 Å². The molecule has 5 N–H and O–H groups in total. The van der Waals surface area contributed by atoms with Gasteiger partial charge in [0.1, 0.15) is 12.1 Å². The van der Waals surface area contributed by atoms with Crippen LogP contribution in [-0.2, 0) is 14.4 Å². The number of nitrogens with two attached hydrogens (primary N) is 1. The first-order valence-electron chi connectivity index (χ1n) is 6.67. The van der Waals surface area contributed by atoms with Crippen molar-refractivity contribution in [2.45, 2.75) is 52.7 Å². The Hall–Kier alpha value is -1.63. The lowest BCUT2D eigenvalue weighted by Gasteiger charge is -2.25. The number of carbonyl (C=O) groups excluding carboxylic acids is 2. The van der Waals surface area contributed by atoms with Gasteiger partial charge in [0, 0.05) is 0 Å². The summed E-state index contributed by atoms with van der Waals surface area (Å²) in [6.07, 6.45) is 0. The zero-order valence-electron chi connectivity index (χ0n) is 12.6. The van der Waals surface area contributed by atoms with Crippen LogP contribution in [0.5, 0.6) is 0 Å². The molecule has 0 rings (SSSR count). The predicted octanol–water partition coefficient (Wildman–Crippen LogP) is -0.300. The second-order valence-electron chi connectivity index (χ2n) is 5.57. The summed E-state index contributed by atoms with van der Waals surface area (Å²) in [6.45, 7) is 8.50. The topological polar surface area (TPSA) is 122 Å². The van der Waals surface area contributed by atoms with E-state index in [2.05, 4.69) is 10.6 Å². The third-order valence-electron chi connectivity index (χ3n) is 3.00. The maximum atomic E-state index is 12.0. The van der Waals surface area contributed by atoms with E-state index in [0.717, 1.165) is 0 Å². The summed E-state index contributed by atoms with van der Waals surface area (Å²) in [5, 5.41) is 13.7. The molecule has 0 saturated heterocycles. The highest BCUT2D eigenvalue weighted by molar-refractivity contribution is 5.91. The molecule has 0 aromatic heterocycles. The Morgan fingerprint density at radius 3 is 1.75 bits per heavy atom. The summed E-state index contributed by atoms with van der Waals surface area (Å²) in [5.74, 6) is -2.31. The summed E-state index contributed by atoms with van der Waals surface area (Å²) in [7, 11) is 0. The van der Waals surface area contributed by atoms with Crippen LogP contribution < -0.4 is 16.4 Å².